The zero-order valence-corrected chi connectivity index (χ0v) is 13.0. The lowest BCUT2D eigenvalue weighted by atomic mass is 10.0. The van der Waals surface area contributed by atoms with Crippen LogP contribution in [-0.4, -0.2) is 40.9 Å². The highest BCUT2D eigenvalue weighted by molar-refractivity contribution is 6.30. The largest absolute Gasteiger partial charge is 0.388 e. The third kappa shape index (κ3) is 4.04. The van der Waals surface area contributed by atoms with Crippen molar-refractivity contribution in [2.75, 3.05) is 25.6 Å². The summed E-state index contributed by atoms with van der Waals surface area (Å²) in [7, 11) is 1.62. The SMILES string of the molecule is COCCC(C)(O)CNc1nc(C2CC2)nc(Cl)c1C. The van der Waals surface area contributed by atoms with E-state index in [-0.39, 0.29) is 0 Å². The Morgan fingerprint density at radius 3 is 2.75 bits per heavy atom. The Labute approximate surface area is 124 Å². The van der Waals surface area contributed by atoms with E-state index >= 15 is 0 Å². The number of ether oxygens (including phenoxy) is 1. The number of nitrogens with one attached hydrogen (secondary N) is 1. The summed E-state index contributed by atoms with van der Waals surface area (Å²) in [6.07, 6.45) is 2.82. The fourth-order valence-corrected chi connectivity index (χ4v) is 2.06. The Kier molecular flexibility index (Phi) is 4.83. The van der Waals surface area contributed by atoms with Crippen molar-refractivity contribution >= 4 is 17.4 Å². The molecule has 5 nitrogen and oxygen atoms in total. The molecule has 112 valence electrons. The molecule has 0 bridgehead atoms. The minimum absolute atomic E-state index is 0.397. The summed E-state index contributed by atoms with van der Waals surface area (Å²) in [5.74, 6) is 1.96. The maximum atomic E-state index is 10.2. The zero-order valence-electron chi connectivity index (χ0n) is 12.2. The van der Waals surface area contributed by atoms with E-state index in [0.29, 0.717) is 36.5 Å². The fourth-order valence-electron chi connectivity index (χ4n) is 1.89. The number of aromatic nitrogens is 2. The average Bonchev–Trinajstić information content (AvgIpc) is 3.22. The smallest absolute Gasteiger partial charge is 0.137 e. The van der Waals surface area contributed by atoms with Crippen molar-refractivity contribution in [2.24, 2.45) is 0 Å². The highest BCUT2D eigenvalue weighted by Gasteiger charge is 2.28. The van der Waals surface area contributed by atoms with Gasteiger partial charge < -0.3 is 15.2 Å². The maximum Gasteiger partial charge on any atom is 0.137 e. The van der Waals surface area contributed by atoms with Crippen molar-refractivity contribution in [3.05, 3.63) is 16.5 Å². The predicted octanol–water partition coefficient (Wildman–Crippen LogP) is 2.52. The molecule has 6 heteroatoms. The quantitative estimate of drug-likeness (QED) is 0.757. The second-order valence-electron chi connectivity index (χ2n) is 5.71. The van der Waals surface area contributed by atoms with Crippen LogP contribution in [0.3, 0.4) is 0 Å². The van der Waals surface area contributed by atoms with Crippen LogP contribution in [0.5, 0.6) is 0 Å². The number of nitrogens with zero attached hydrogens (tertiary/aromatic N) is 2. The second kappa shape index (κ2) is 6.24. The number of rotatable bonds is 7. The predicted molar refractivity (Wildman–Crippen MR) is 79.4 cm³/mol. The van der Waals surface area contributed by atoms with Gasteiger partial charge in [0.15, 0.2) is 0 Å². The van der Waals surface area contributed by atoms with Gasteiger partial charge in [0.2, 0.25) is 0 Å². The van der Waals surface area contributed by atoms with Crippen molar-refractivity contribution in [2.45, 2.75) is 44.6 Å². The molecule has 20 heavy (non-hydrogen) atoms. The molecule has 0 saturated heterocycles. The van der Waals surface area contributed by atoms with E-state index in [9.17, 15) is 5.11 Å². The second-order valence-corrected chi connectivity index (χ2v) is 6.07. The maximum absolute atomic E-state index is 10.2. The van der Waals surface area contributed by atoms with Crippen LogP contribution >= 0.6 is 11.6 Å². The molecule has 0 spiro atoms. The molecule has 0 amide bonds. The first kappa shape index (κ1) is 15.5. The Morgan fingerprint density at radius 1 is 1.45 bits per heavy atom. The first-order valence-electron chi connectivity index (χ1n) is 6.92. The standard InChI is InChI=1S/C14H22ClN3O2/c1-9-11(15)17-13(10-4-5-10)18-12(9)16-8-14(2,19)6-7-20-3/h10,19H,4-8H2,1-3H3,(H,16,17,18). The topological polar surface area (TPSA) is 67.3 Å². The first-order valence-corrected chi connectivity index (χ1v) is 7.30. The highest BCUT2D eigenvalue weighted by atomic mass is 35.5. The van der Waals surface area contributed by atoms with Gasteiger partial charge in [-0.1, -0.05) is 11.6 Å². The van der Waals surface area contributed by atoms with Crippen LogP contribution < -0.4 is 5.32 Å². The molecule has 1 aliphatic carbocycles. The Balaban J connectivity index is 2.04. The molecule has 1 heterocycles. The molecule has 2 rings (SSSR count). The van der Waals surface area contributed by atoms with Gasteiger partial charge in [0.1, 0.15) is 16.8 Å². The average molecular weight is 300 g/mol. The normalized spacial score (nSPS) is 17.9. The van der Waals surface area contributed by atoms with Gasteiger partial charge >= 0.3 is 0 Å². The molecule has 1 atom stereocenters. The summed E-state index contributed by atoms with van der Waals surface area (Å²) in [5.41, 5.74) is -0.0294. The molecule has 1 aliphatic rings. The third-order valence-corrected chi connectivity index (χ3v) is 3.90. The van der Waals surface area contributed by atoms with Gasteiger partial charge in [-0.2, -0.15) is 0 Å². The fraction of sp³-hybridized carbons (Fsp3) is 0.714. The van der Waals surface area contributed by atoms with Crippen LogP contribution in [-0.2, 0) is 4.74 Å². The van der Waals surface area contributed by atoms with E-state index in [1.54, 1.807) is 14.0 Å². The number of anilines is 1. The molecular weight excluding hydrogens is 278 g/mol. The van der Waals surface area contributed by atoms with Gasteiger partial charge in [-0.3, -0.25) is 0 Å². The summed E-state index contributed by atoms with van der Waals surface area (Å²) in [5, 5.41) is 13.9. The molecule has 1 fully saturated rings. The molecule has 1 saturated carbocycles. The lowest BCUT2D eigenvalue weighted by Gasteiger charge is -2.24. The Hall–Kier alpha value is -0.910. The van der Waals surface area contributed by atoms with Gasteiger partial charge in [-0.15, -0.1) is 0 Å². The Morgan fingerprint density at radius 2 is 2.15 bits per heavy atom. The summed E-state index contributed by atoms with van der Waals surface area (Å²) in [4.78, 5) is 8.85. The van der Waals surface area contributed by atoms with Crippen LogP contribution in [0.15, 0.2) is 0 Å². The molecule has 0 radical (unpaired) electrons. The molecule has 0 aromatic carbocycles. The number of hydrogen-bond acceptors (Lipinski definition) is 5. The molecule has 2 N–H and O–H groups in total. The van der Waals surface area contributed by atoms with Crippen molar-refractivity contribution in [3.63, 3.8) is 0 Å². The van der Waals surface area contributed by atoms with Gasteiger partial charge in [0.05, 0.1) is 5.60 Å². The van der Waals surface area contributed by atoms with E-state index in [4.69, 9.17) is 16.3 Å². The van der Waals surface area contributed by atoms with Crippen LogP contribution in [0, 0.1) is 6.92 Å². The Bertz CT molecular complexity index is 476. The van der Waals surface area contributed by atoms with Crippen molar-refractivity contribution in [1.29, 1.82) is 0 Å². The number of aliphatic hydroxyl groups is 1. The summed E-state index contributed by atoms with van der Waals surface area (Å²) in [6, 6.07) is 0. The third-order valence-electron chi connectivity index (χ3n) is 3.53. The van der Waals surface area contributed by atoms with E-state index in [1.807, 2.05) is 6.92 Å². The first-order chi connectivity index (χ1) is 9.43. The monoisotopic (exact) mass is 299 g/mol. The van der Waals surface area contributed by atoms with Gasteiger partial charge in [-0.25, -0.2) is 9.97 Å². The molecule has 1 unspecified atom stereocenters. The van der Waals surface area contributed by atoms with Crippen molar-refractivity contribution < 1.29 is 9.84 Å². The van der Waals surface area contributed by atoms with E-state index in [1.165, 1.54) is 0 Å². The molecular formula is C14H22ClN3O2. The molecule has 1 aromatic rings. The minimum Gasteiger partial charge on any atom is -0.388 e. The van der Waals surface area contributed by atoms with E-state index in [0.717, 1.165) is 24.2 Å². The van der Waals surface area contributed by atoms with Crippen LogP contribution in [0.25, 0.3) is 0 Å². The summed E-state index contributed by atoms with van der Waals surface area (Å²) >= 11 is 6.15. The van der Waals surface area contributed by atoms with Crippen molar-refractivity contribution in [1.82, 2.24) is 9.97 Å². The van der Waals surface area contributed by atoms with Gasteiger partial charge in [0, 0.05) is 38.2 Å². The number of halogens is 1. The van der Waals surface area contributed by atoms with Gasteiger partial charge in [-0.05, 0) is 26.7 Å². The lowest BCUT2D eigenvalue weighted by molar-refractivity contribution is 0.0357. The summed E-state index contributed by atoms with van der Waals surface area (Å²) in [6.45, 7) is 4.57. The number of methoxy groups -OCH3 is 1. The summed E-state index contributed by atoms with van der Waals surface area (Å²) < 4.78 is 5.00. The van der Waals surface area contributed by atoms with E-state index in [2.05, 4.69) is 15.3 Å². The number of hydrogen-bond donors (Lipinski definition) is 2. The highest BCUT2D eigenvalue weighted by Crippen LogP contribution is 2.39. The van der Waals surface area contributed by atoms with Crippen LogP contribution in [0.1, 0.15) is 43.5 Å². The van der Waals surface area contributed by atoms with E-state index < -0.39 is 5.60 Å². The molecule has 0 aliphatic heterocycles. The lowest BCUT2D eigenvalue weighted by Crippen LogP contribution is -2.35. The van der Waals surface area contributed by atoms with Crippen LogP contribution in [0.2, 0.25) is 5.15 Å². The van der Waals surface area contributed by atoms with Crippen molar-refractivity contribution in [3.8, 4) is 0 Å². The zero-order chi connectivity index (χ0) is 14.8. The van der Waals surface area contributed by atoms with Crippen LogP contribution in [0.4, 0.5) is 5.82 Å². The minimum atomic E-state index is -0.848. The molecule has 1 aromatic heterocycles. The van der Waals surface area contributed by atoms with Gasteiger partial charge in [0.25, 0.3) is 0 Å².